The molecule has 4 nitrogen and oxygen atoms in total. The van der Waals surface area contributed by atoms with Crippen molar-refractivity contribution in [3.8, 4) is 0 Å². The molecule has 0 unspecified atom stereocenters. The van der Waals surface area contributed by atoms with Crippen LogP contribution in [-0.4, -0.2) is 31.2 Å². The van der Waals surface area contributed by atoms with Crippen LogP contribution in [0.3, 0.4) is 0 Å². The quantitative estimate of drug-likeness (QED) is 0.453. The van der Waals surface area contributed by atoms with E-state index in [4.69, 9.17) is 9.05 Å². The van der Waals surface area contributed by atoms with E-state index < -0.39 is 7.60 Å². The average molecular weight is 303 g/mol. The highest BCUT2D eigenvalue weighted by molar-refractivity contribution is 7.58. The normalized spacial score (nSPS) is 12.4. The van der Waals surface area contributed by atoms with E-state index in [-0.39, 0.29) is 0 Å². The van der Waals surface area contributed by atoms with Gasteiger partial charge in [0.05, 0.1) is 24.2 Å². The van der Waals surface area contributed by atoms with Gasteiger partial charge < -0.3 is 13.9 Å². The highest BCUT2D eigenvalue weighted by Crippen LogP contribution is 2.59. The van der Waals surface area contributed by atoms with Crippen LogP contribution in [0.2, 0.25) is 0 Å². The standard InChI is InChI=1S/C15H30NO3P/c1-8-14(20(17,18-11-4)19-12-5)15(13(6)7)16(9-2)10-3/h8H,9-12H2,1-7H3. The minimum absolute atomic E-state index is 0.364. The number of hydrogen-bond acceptors (Lipinski definition) is 4. The van der Waals surface area contributed by atoms with E-state index in [1.165, 1.54) is 0 Å². The SMILES string of the molecule is CC=C(C(=C(C)C)N(CC)CC)P(=O)(OCC)OCC. The largest absolute Gasteiger partial charge is 0.371 e. The fraction of sp³-hybridized carbons (Fsp3) is 0.733. The predicted molar refractivity (Wildman–Crippen MR) is 85.9 cm³/mol. The van der Waals surface area contributed by atoms with Crippen LogP contribution in [0.1, 0.15) is 48.5 Å². The molecule has 5 heteroatoms. The molecule has 0 aromatic carbocycles. The minimum Gasteiger partial charge on any atom is -0.371 e. The lowest BCUT2D eigenvalue weighted by Gasteiger charge is -2.31. The van der Waals surface area contributed by atoms with Crippen molar-refractivity contribution in [3.63, 3.8) is 0 Å². The number of nitrogens with zero attached hydrogens (tertiary/aromatic N) is 1. The van der Waals surface area contributed by atoms with Crippen molar-refractivity contribution in [2.24, 2.45) is 0 Å². The van der Waals surface area contributed by atoms with Gasteiger partial charge in [-0.2, -0.15) is 0 Å². The van der Waals surface area contributed by atoms with Gasteiger partial charge in [-0.05, 0) is 48.5 Å². The van der Waals surface area contributed by atoms with Crippen molar-refractivity contribution in [2.75, 3.05) is 26.3 Å². The van der Waals surface area contributed by atoms with Crippen LogP contribution in [-0.2, 0) is 13.6 Å². The topological polar surface area (TPSA) is 38.8 Å². The zero-order valence-corrected chi connectivity index (χ0v) is 14.9. The molecule has 0 atom stereocenters. The van der Waals surface area contributed by atoms with Gasteiger partial charge in [-0.1, -0.05) is 11.6 Å². The number of hydrogen-bond donors (Lipinski definition) is 0. The molecule has 0 fully saturated rings. The van der Waals surface area contributed by atoms with Crippen molar-refractivity contribution in [1.29, 1.82) is 0 Å². The Bertz CT molecular complexity index is 384. The van der Waals surface area contributed by atoms with Crippen molar-refractivity contribution in [3.05, 3.63) is 22.7 Å². The van der Waals surface area contributed by atoms with Crippen molar-refractivity contribution >= 4 is 7.60 Å². The molecule has 0 N–H and O–H groups in total. The molecule has 0 aromatic heterocycles. The second-order valence-corrected chi connectivity index (χ2v) is 6.52. The maximum absolute atomic E-state index is 13.1. The van der Waals surface area contributed by atoms with E-state index in [1.807, 2.05) is 40.7 Å². The van der Waals surface area contributed by atoms with Crippen LogP contribution >= 0.6 is 7.60 Å². The van der Waals surface area contributed by atoms with Crippen LogP contribution in [0.5, 0.6) is 0 Å². The molecule has 0 aliphatic rings. The van der Waals surface area contributed by atoms with Crippen molar-refractivity contribution in [2.45, 2.75) is 48.5 Å². The van der Waals surface area contributed by atoms with E-state index in [9.17, 15) is 4.57 Å². The Balaban J connectivity index is 5.84. The zero-order chi connectivity index (χ0) is 15.8. The van der Waals surface area contributed by atoms with Gasteiger partial charge in [0.25, 0.3) is 0 Å². The third-order valence-corrected chi connectivity index (χ3v) is 5.22. The molecule has 0 radical (unpaired) electrons. The van der Waals surface area contributed by atoms with Crippen molar-refractivity contribution < 1.29 is 13.6 Å². The Labute approximate surface area is 124 Å². The van der Waals surface area contributed by atoms with Crippen LogP contribution in [0.4, 0.5) is 0 Å². The molecule has 0 spiro atoms. The molecule has 0 aromatic rings. The molecular weight excluding hydrogens is 273 g/mol. The Morgan fingerprint density at radius 3 is 1.75 bits per heavy atom. The van der Waals surface area contributed by atoms with Crippen LogP contribution in [0.15, 0.2) is 22.7 Å². The smallest absolute Gasteiger partial charge is 0.363 e. The molecule has 0 saturated heterocycles. The molecular formula is C15H30NO3P. The third kappa shape index (κ3) is 4.76. The maximum Gasteiger partial charge on any atom is 0.363 e. The first-order chi connectivity index (χ1) is 9.41. The van der Waals surface area contributed by atoms with Gasteiger partial charge in [0, 0.05) is 13.1 Å². The second-order valence-electron chi connectivity index (χ2n) is 4.53. The number of allylic oxidation sites excluding steroid dienone is 3. The molecule has 0 heterocycles. The van der Waals surface area contributed by atoms with Gasteiger partial charge in [-0.3, -0.25) is 4.57 Å². The van der Waals surface area contributed by atoms with Gasteiger partial charge in [0.15, 0.2) is 0 Å². The van der Waals surface area contributed by atoms with Gasteiger partial charge in [-0.25, -0.2) is 0 Å². The van der Waals surface area contributed by atoms with E-state index in [0.29, 0.717) is 18.5 Å². The Kier molecular flexibility index (Phi) is 9.11. The second kappa shape index (κ2) is 9.38. The predicted octanol–water partition coefficient (Wildman–Crippen LogP) is 4.79. The molecule has 0 aliphatic carbocycles. The summed E-state index contributed by atoms with van der Waals surface area (Å²) in [7, 11) is -3.26. The lowest BCUT2D eigenvalue weighted by atomic mass is 10.2. The van der Waals surface area contributed by atoms with E-state index in [2.05, 4.69) is 18.7 Å². The molecule has 0 saturated carbocycles. The summed E-state index contributed by atoms with van der Waals surface area (Å²) in [4.78, 5) is 2.19. The molecule has 0 aliphatic heterocycles. The first-order valence-corrected chi connectivity index (χ1v) is 8.94. The summed E-state index contributed by atoms with van der Waals surface area (Å²) in [6.07, 6.45) is 1.85. The fourth-order valence-corrected chi connectivity index (χ4v) is 4.19. The number of rotatable bonds is 9. The monoisotopic (exact) mass is 303 g/mol. The third-order valence-electron chi connectivity index (χ3n) is 2.96. The Morgan fingerprint density at radius 1 is 1.05 bits per heavy atom. The average Bonchev–Trinajstić information content (AvgIpc) is 2.39. The summed E-state index contributed by atoms with van der Waals surface area (Å²) in [5, 5.41) is 0.671. The van der Waals surface area contributed by atoms with Gasteiger partial charge in [0.1, 0.15) is 0 Å². The highest BCUT2D eigenvalue weighted by Gasteiger charge is 2.33. The number of likely N-dealkylation sites (N-methyl/N-ethyl adjacent to an activating group) is 1. The fourth-order valence-electron chi connectivity index (χ4n) is 2.22. The Hall–Kier alpha value is -0.570. The van der Waals surface area contributed by atoms with Crippen molar-refractivity contribution in [1.82, 2.24) is 4.90 Å². The first-order valence-electron chi connectivity index (χ1n) is 7.40. The van der Waals surface area contributed by atoms with Gasteiger partial charge >= 0.3 is 7.60 Å². The van der Waals surface area contributed by atoms with Gasteiger partial charge in [-0.15, -0.1) is 0 Å². The molecule has 0 rings (SSSR count). The maximum atomic E-state index is 13.1. The summed E-state index contributed by atoms with van der Waals surface area (Å²) < 4.78 is 24.0. The van der Waals surface area contributed by atoms with Crippen LogP contribution < -0.4 is 0 Å². The van der Waals surface area contributed by atoms with E-state index >= 15 is 0 Å². The lowest BCUT2D eigenvalue weighted by Crippen LogP contribution is -2.25. The minimum atomic E-state index is -3.26. The molecule has 118 valence electrons. The summed E-state index contributed by atoms with van der Waals surface area (Å²) in [5.41, 5.74) is 2.09. The Morgan fingerprint density at radius 2 is 1.50 bits per heavy atom. The lowest BCUT2D eigenvalue weighted by molar-refractivity contribution is 0.225. The van der Waals surface area contributed by atoms with Crippen LogP contribution in [0.25, 0.3) is 0 Å². The highest BCUT2D eigenvalue weighted by atomic mass is 31.2. The van der Waals surface area contributed by atoms with E-state index in [0.717, 1.165) is 24.4 Å². The summed E-state index contributed by atoms with van der Waals surface area (Å²) in [6.45, 7) is 16.2. The summed E-state index contributed by atoms with van der Waals surface area (Å²) in [6, 6.07) is 0. The summed E-state index contributed by atoms with van der Waals surface area (Å²) in [5.74, 6) is 0. The van der Waals surface area contributed by atoms with E-state index in [1.54, 1.807) is 0 Å². The molecule has 20 heavy (non-hydrogen) atoms. The first kappa shape index (κ1) is 19.4. The zero-order valence-electron chi connectivity index (χ0n) is 14.0. The molecule has 0 amide bonds. The summed E-state index contributed by atoms with van der Waals surface area (Å²) >= 11 is 0. The van der Waals surface area contributed by atoms with Crippen LogP contribution in [0, 0.1) is 0 Å². The van der Waals surface area contributed by atoms with Gasteiger partial charge in [0.2, 0.25) is 0 Å². The molecule has 0 bridgehead atoms.